The average molecular weight is 511 g/mol. The Bertz CT molecular complexity index is 1350. The third-order valence-electron chi connectivity index (χ3n) is 5.55. The summed E-state index contributed by atoms with van der Waals surface area (Å²) in [5, 5.41) is 7.17. The van der Waals surface area contributed by atoms with Crippen LogP contribution in [0.5, 0.6) is 6.01 Å². The number of ether oxygens (including phenoxy) is 2. The summed E-state index contributed by atoms with van der Waals surface area (Å²) >= 11 is 0. The molecule has 0 bridgehead atoms. The number of methoxy groups -OCH3 is 1. The van der Waals surface area contributed by atoms with Crippen molar-refractivity contribution in [3.8, 4) is 23.1 Å². The first-order valence-corrected chi connectivity index (χ1v) is 11.6. The van der Waals surface area contributed by atoms with Gasteiger partial charge in [-0.05, 0) is 60.5 Å². The van der Waals surface area contributed by atoms with Crippen molar-refractivity contribution in [3.05, 3.63) is 89.5 Å². The molecule has 0 saturated heterocycles. The topological polar surface area (TPSA) is 78.3 Å². The van der Waals surface area contributed by atoms with E-state index in [1.54, 1.807) is 36.4 Å². The second-order valence-corrected chi connectivity index (χ2v) is 8.10. The lowest BCUT2D eigenvalue weighted by Crippen LogP contribution is -2.12. The van der Waals surface area contributed by atoms with E-state index in [2.05, 4.69) is 15.4 Å². The number of alkyl halides is 3. The van der Waals surface area contributed by atoms with Crippen molar-refractivity contribution in [1.29, 1.82) is 0 Å². The van der Waals surface area contributed by atoms with Gasteiger partial charge in [-0.1, -0.05) is 31.2 Å². The van der Waals surface area contributed by atoms with Crippen LogP contribution in [0, 0.1) is 0 Å². The molecular weight excluding hydrogens is 485 g/mol. The third-order valence-corrected chi connectivity index (χ3v) is 5.55. The molecule has 4 rings (SSSR count). The molecule has 192 valence electrons. The Morgan fingerprint density at radius 1 is 1.00 bits per heavy atom. The summed E-state index contributed by atoms with van der Waals surface area (Å²) in [6.45, 7) is 2.51. The molecule has 0 saturated carbocycles. The van der Waals surface area contributed by atoms with Gasteiger partial charge in [-0.3, -0.25) is 4.79 Å². The average Bonchev–Trinajstić information content (AvgIpc) is 3.33. The number of nitrogens with one attached hydrogen (secondary N) is 1. The smallest absolute Gasteiger partial charge is 0.416 e. The van der Waals surface area contributed by atoms with Gasteiger partial charge in [0.15, 0.2) is 5.82 Å². The third kappa shape index (κ3) is 6.34. The summed E-state index contributed by atoms with van der Waals surface area (Å²) in [7, 11) is 1.52. The molecule has 0 aliphatic heterocycles. The fourth-order valence-electron chi connectivity index (χ4n) is 3.55. The van der Waals surface area contributed by atoms with E-state index in [9.17, 15) is 18.0 Å². The van der Waals surface area contributed by atoms with E-state index < -0.39 is 11.7 Å². The molecule has 1 N–H and O–H groups in total. The molecule has 37 heavy (non-hydrogen) atoms. The molecule has 0 aliphatic carbocycles. The first-order chi connectivity index (χ1) is 17.8. The van der Waals surface area contributed by atoms with E-state index in [1.165, 1.54) is 23.9 Å². The maximum Gasteiger partial charge on any atom is 0.416 e. The molecule has 0 fully saturated rings. The zero-order chi connectivity index (χ0) is 26.4. The second-order valence-electron chi connectivity index (χ2n) is 8.10. The summed E-state index contributed by atoms with van der Waals surface area (Å²) in [5.74, 6) is -0.0824. The summed E-state index contributed by atoms with van der Waals surface area (Å²) in [6.07, 6.45) is -3.62. The minimum Gasteiger partial charge on any atom is -0.460 e. The van der Waals surface area contributed by atoms with Crippen LogP contribution in [0.25, 0.3) is 17.1 Å². The Labute approximate surface area is 211 Å². The molecule has 0 unspecified atom stereocenters. The Balaban J connectivity index is 1.61. The van der Waals surface area contributed by atoms with Crippen LogP contribution in [0.1, 0.15) is 28.4 Å². The number of carbonyl (C=O) groups is 1. The Hall–Kier alpha value is -4.18. The van der Waals surface area contributed by atoms with Gasteiger partial charge in [0.2, 0.25) is 0 Å². The standard InChI is InChI=1S/C27H25F3N4O3/c1-3-18-7-9-19(10-8-18)25(35)31-22-11-13-23(14-12-22)34-24(32-26(33-34)37-16-15-36-2)20-5-4-6-21(17-20)27(28,29)30/h4-14,17H,3,15-16H2,1-2H3,(H,31,35). The molecule has 1 aromatic heterocycles. The maximum atomic E-state index is 13.3. The number of amides is 1. The summed E-state index contributed by atoms with van der Waals surface area (Å²) < 4.78 is 51.8. The van der Waals surface area contributed by atoms with Gasteiger partial charge < -0.3 is 14.8 Å². The van der Waals surface area contributed by atoms with Crippen LogP contribution in [0.4, 0.5) is 18.9 Å². The number of hydrogen-bond acceptors (Lipinski definition) is 5. The number of nitrogens with zero attached hydrogens (tertiary/aromatic N) is 3. The van der Waals surface area contributed by atoms with Crippen LogP contribution in [0.3, 0.4) is 0 Å². The number of rotatable bonds is 9. The van der Waals surface area contributed by atoms with Crippen molar-refractivity contribution >= 4 is 11.6 Å². The molecular formula is C27H25F3N4O3. The molecule has 0 aliphatic rings. The number of carbonyl (C=O) groups excluding carboxylic acids is 1. The van der Waals surface area contributed by atoms with Gasteiger partial charge in [0.25, 0.3) is 5.91 Å². The number of anilines is 1. The number of aryl methyl sites for hydroxylation is 1. The minimum atomic E-state index is -4.50. The summed E-state index contributed by atoms with van der Waals surface area (Å²) in [4.78, 5) is 16.9. The van der Waals surface area contributed by atoms with Gasteiger partial charge in [0.1, 0.15) is 6.61 Å². The van der Waals surface area contributed by atoms with Gasteiger partial charge in [-0.15, -0.1) is 5.10 Å². The monoisotopic (exact) mass is 510 g/mol. The first-order valence-electron chi connectivity index (χ1n) is 11.6. The largest absolute Gasteiger partial charge is 0.460 e. The quantitative estimate of drug-likeness (QED) is 0.288. The van der Waals surface area contributed by atoms with Crippen LogP contribution in [-0.2, 0) is 17.3 Å². The second kappa shape index (κ2) is 11.3. The van der Waals surface area contributed by atoms with Crippen molar-refractivity contribution in [2.75, 3.05) is 25.6 Å². The molecule has 0 atom stereocenters. The van der Waals surface area contributed by atoms with Crippen molar-refractivity contribution in [2.45, 2.75) is 19.5 Å². The van der Waals surface area contributed by atoms with Gasteiger partial charge in [0, 0.05) is 23.9 Å². The highest BCUT2D eigenvalue weighted by Crippen LogP contribution is 2.33. The minimum absolute atomic E-state index is 0.00244. The lowest BCUT2D eigenvalue weighted by Gasteiger charge is -2.10. The van der Waals surface area contributed by atoms with Gasteiger partial charge in [0.05, 0.1) is 17.9 Å². The molecule has 1 heterocycles. The fourth-order valence-corrected chi connectivity index (χ4v) is 3.55. The van der Waals surface area contributed by atoms with Crippen molar-refractivity contribution in [3.63, 3.8) is 0 Å². The van der Waals surface area contributed by atoms with Gasteiger partial charge >= 0.3 is 12.2 Å². The molecule has 7 nitrogen and oxygen atoms in total. The number of hydrogen-bond donors (Lipinski definition) is 1. The molecule has 4 aromatic rings. The predicted octanol–water partition coefficient (Wildman–Crippen LogP) is 5.79. The van der Waals surface area contributed by atoms with Gasteiger partial charge in [-0.25, -0.2) is 4.68 Å². The van der Waals surface area contributed by atoms with E-state index in [4.69, 9.17) is 9.47 Å². The Morgan fingerprint density at radius 3 is 2.38 bits per heavy atom. The van der Waals surface area contributed by atoms with E-state index in [0.717, 1.165) is 24.1 Å². The van der Waals surface area contributed by atoms with Gasteiger partial charge in [-0.2, -0.15) is 18.2 Å². The highest BCUT2D eigenvalue weighted by atomic mass is 19.4. The molecule has 0 spiro atoms. The number of aromatic nitrogens is 3. The molecule has 1 amide bonds. The highest BCUT2D eigenvalue weighted by Gasteiger charge is 2.31. The zero-order valence-corrected chi connectivity index (χ0v) is 20.2. The first kappa shape index (κ1) is 25.9. The van der Waals surface area contributed by atoms with Crippen molar-refractivity contribution in [1.82, 2.24) is 14.8 Å². The predicted molar refractivity (Wildman–Crippen MR) is 133 cm³/mol. The SMILES string of the molecule is CCc1ccc(C(=O)Nc2ccc(-n3nc(OCCOC)nc3-c3cccc(C(F)(F)F)c3)cc2)cc1. The van der Waals surface area contributed by atoms with E-state index in [-0.39, 0.29) is 29.9 Å². The van der Waals surface area contributed by atoms with Crippen LogP contribution in [-0.4, -0.2) is 41.0 Å². The van der Waals surface area contributed by atoms with E-state index in [0.29, 0.717) is 23.5 Å². The molecule has 0 radical (unpaired) electrons. The zero-order valence-electron chi connectivity index (χ0n) is 20.2. The lowest BCUT2D eigenvalue weighted by molar-refractivity contribution is -0.137. The highest BCUT2D eigenvalue weighted by molar-refractivity contribution is 6.04. The van der Waals surface area contributed by atoms with Crippen molar-refractivity contribution < 1.29 is 27.4 Å². The maximum absolute atomic E-state index is 13.3. The molecule has 10 heteroatoms. The van der Waals surface area contributed by atoms with Crippen LogP contribution >= 0.6 is 0 Å². The Kier molecular flexibility index (Phi) is 7.88. The van der Waals surface area contributed by atoms with Crippen LogP contribution < -0.4 is 10.1 Å². The van der Waals surface area contributed by atoms with Crippen molar-refractivity contribution in [2.24, 2.45) is 0 Å². The summed E-state index contributed by atoms with van der Waals surface area (Å²) in [6, 6.07) is 18.9. The Morgan fingerprint density at radius 2 is 1.73 bits per heavy atom. The van der Waals surface area contributed by atoms with E-state index >= 15 is 0 Å². The number of halogens is 3. The van der Waals surface area contributed by atoms with E-state index in [1.807, 2.05) is 19.1 Å². The number of benzene rings is 3. The summed E-state index contributed by atoms with van der Waals surface area (Å²) in [5.41, 5.74) is 2.15. The normalized spacial score (nSPS) is 11.4. The van der Waals surface area contributed by atoms with Crippen LogP contribution in [0.15, 0.2) is 72.8 Å². The fraction of sp³-hybridized carbons (Fsp3) is 0.222. The molecule has 3 aromatic carbocycles. The van der Waals surface area contributed by atoms with Crippen LogP contribution in [0.2, 0.25) is 0 Å². The lowest BCUT2D eigenvalue weighted by atomic mass is 10.1.